The Kier molecular flexibility index (Phi) is 5.62. The van der Waals surface area contributed by atoms with Gasteiger partial charge in [0.2, 0.25) is 5.91 Å². The van der Waals surface area contributed by atoms with E-state index in [0.29, 0.717) is 18.5 Å². The Morgan fingerprint density at radius 1 is 1.14 bits per heavy atom. The average molecular weight is 379 g/mol. The molecule has 2 aromatic rings. The molecular weight excluding hydrogens is 348 g/mol. The number of hydrogen-bond donors (Lipinski definition) is 1. The summed E-state index contributed by atoms with van der Waals surface area (Å²) < 4.78 is 0. The summed E-state index contributed by atoms with van der Waals surface area (Å²) in [5.41, 5.74) is 2.69. The first-order valence-corrected chi connectivity index (χ1v) is 10.4. The summed E-state index contributed by atoms with van der Waals surface area (Å²) in [4.78, 5) is 22.2. The highest BCUT2D eigenvalue weighted by atomic mass is 16.1. The van der Waals surface area contributed by atoms with Gasteiger partial charge in [-0.2, -0.15) is 0 Å². The number of rotatable bonds is 5. The minimum absolute atomic E-state index is 0.00638. The highest BCUT2D eigenvalue weighted by Crippen LogP contribution is 2.28. The summed E-state index contributed by atoms with van der Waals surface area (Å²) in [6.07, 6.45) is 4.24. The minimum Gasteiger partial charge on any atom is -0.355 e. The Balaban J connectivity index is 1.37. The number of nitrogens with zero attached hydrogens (tertiary/aromatic N) is 3. The van der Waals surface area contributed by atoms with Crippen LogP contribution in [0.2, 0.25) is 0 Å². The molecule has 28 heavy (non-hydrogen) atoms. The molecule has 0 saturated carbocycles. The molecule has 1 aromatic heterocycles. The monoisotopic (exact) mass is 378 g/mol. The second-order valence-electron chi connectivity index (χ2n) is 8.13. The van der Waals surface area contributed by atoms with E-state index in [-0.39, 0.29) is 5.91 Å². The third kappa shape index (κ3) is 4.20. The Morgan fingerprint density at radius 2 is 1.96 bits per heavy atom. The Hall–Kier alpha value is -2.40. The molecule has 2 aliphatic heterocycles. The highest BCUT2D eigenvalue weighted by molar-refractivity contribution is 5.92. The third-order valence-corrected chi connectivity index (χ3v) is 6.11. The van der Waals surface area contributed by atoms with Crippen molar-refractivity contribution in [2.45, 2.75) is 51.6 Å². The molecule has 2 saturated heterocycles. The number of hydrogen-bond acceptors (Lipinski definition) is 4. The van der Waals surface area contributed by atoms with Crippen LogP contribution >= 0.6 is 0 Å². The average Bonchev–Trinajstić information content (AvgIpc) is 3.33. The van der Waals surface area contributed by atoms with E-state index in [1.807, 2.05) is 49.4 Å². The third-order valence-electron chi connectivity index (χ3n) is 6.11. The van der Waals surface area contributed by atoms with Gasteiger partial charge >= 0.3 is 0 Å². The number of carbonyl (C=O) groups is 1. The number of amides is 1. The second kappa shape index (κ2) is 8.31. The van der Waals surface area contributed by atoms with Gasteiger partial charge in [0.05, 0.1) is 17.8 Å². The first kappa shape index (κ1) is 18.9. The molecule has 5 heteroatoms. The molecular formula is C23H30N4O. The Bertz CT molecular complexity index is 823. The normalized spacial score (nSPS) is 22.6. The second-order valence-corrected chi connectivity index (χ2v) is 8.13. The van der Waals surface area contributed by atoms with Crippen LogP contribution in [0.5, 0.6) is 0 Å². The van der Waals surface area contributed by atoms with E-state index in [0.717, 1.165) is 35.9 Å². The number of pyridine rings is 1. The van der Waals surface area contributed by atoms with E-state index in [4.69, 9.17) is 4.98 Å². The van der Waals surface area contributed by atoms with Crippen molar-refractivity contribution in [1.82, 2.24) is 9.88 Å². The first-order valence-electron chi connectivity index (χ1n) is 10.4. The van der Waals surface area contributed by atoms with Gasteiger partial charge in [-0.25, -0.2) is 4.98 Å². The van der Waals surface area contributed by atoms with Crippen molar-refractivity contribution in [3.8, 4) is 0 Å². The number of carbonyl (C=O) groups excluding carboxylic acids is 1. The van der Waals surface area contributed by atoms with E-state index in [1.165, 1.54) is 25.8 Å². The maximum absolute atomic E-state index is 12.3. The van der Waals surface area contributed by atoms with Crippen molar-refractivity contribution in [3.63, 3.8) is 0 Å². The predicted octanol–water partition coefficient (Wildman–Crippen LogP) is 3.63. The van der Waals surface area contributed by atoms with Crippen LogP contribution in [-0.4, -0.2) is 47.5 Å². The lowest BCUT2D eigenvalue weighted by Gasteiger charge is -2.28. The van der Waals surface area contributed by atoms with Gasteiger partial charge in [0, 0.05) is 25.2 Å². The number of aryl methyl sites for hydroxylation is 1. The highest BCUT2D eigenvalue weighted by Gasteiger charge is 2.33. The fraction of sp³-hybridized carbons (Fsp3) is 0.478. The summed E-state index contributed by atoms with van der Waals surface area (Å²) in [6.45, 7) is 7.66. The van der Waals surface area contributed by atoms with Crippen molar-refractivity contribution in [2.24, 2.45) is 0 Å². The summed E-state index contributed by atoms with van der Waals surface area (Å²) in [7, 11) is 0. The van der Waals surface area contributed by atoms with Crippen LogP contribution in [0.1, 0.15) is 37.4 Å². The minimum atomic E-state index is -0.00638. The molecule has 5 nitrogen and oxygen atoms in total. The molecule has 0 unspecified atom stereocenters. The summed E-state index contributed by atoms with van der Waals surface area (Å²) in [6, 6.07) is 15.2. The molecule has 2 aliphatic rings. The first-order chi connectivity index (χ1) is 13.6. The van der Waals surface area contributed by atoms with Crippen LogP contribution in [0.15, 0.2) is 42.5 Å². The van der Waals surface area contributed by atoms with Crippen LogP contribution in [-0.2, 0) is 11.2 Å². The molecule has 0 aliphatic carbocycles. The van der Waals surface area contributed by atoms with Gasteiger partial charge in [0.15, 0.2) is 0 Å². The van der Waals surface area contributed by atoms with E-state index >= 15 is 0 Å². The van der Waals surface area contributed by atoms with Gasteiger partial charge in [0.1, 0.15) is 5.82 Å². The van der Waals surface area contributed by atoms with Gasteiger partial charge < -0.3 is 10.2 Å². The molecule has 2 fully saturated rings. The van der Waals surface area contributed by atoms with Crippen LogP contribution in [0.3, 0.4) is 0 Å². The maximum atomic E-state index is 12.3. The number of likely N-dealkylation sites (tertiary alicyclic amines) is 1. The Morgan fingerprint density at radius 3 is 2.68 bits per heavy atom. The molecule has 3 heterocycles. The summed E-state index contributed by atoms with van der Waals surface area (Å²) in [5, 5.41) is 3.01. The van der Waals surface area contributed by atoms with E-state index in [2.05, 4.69) is 22.0 Å². The van der Waals surface area contributed by atoms with Crippen molar-refractivity contribution in [3.05, 3.63) is 53.7 Å². The smallest absolute Gasteiger partial charge is 0.228 e. The quantitative estimate of drug-likeness (QED) is 0.863. The molecule has 1 aromatic carbocycles. The fourth-order valence-corrected chi connectivity index (χ4v) is 4.55. The fourth-order valence-electron chi connectivity index (χ4n) is 4.55. The molecule has 0 spiro atoms. The van der Waals surface area contributed by atoms with Gasteiger partial charge in [-0.3, -0.25) is 9.69 Å². The lowest BCUT2D eigenvalue weighted by atomic mass is 10.1. The molecule has 148 valence electrons. The van der Waals surface area contributed by atoms with Crippen LogP contribution in [0, 0.1) is 6.92 Å². The number of anilines is 2. The predicted molar refractivity (Wildman–Crippen MR) is 114 cm³/mol. The van der Waals surface area contributed by atoms with E-state index in [1.54, 1.807) is 0 Å². The number of nitrogens with one attached hydrogen (secondary N) is 1. The van der Waals surface area contributed by atoms with Crippen molar-refractivity contribution in [2.75, 3.05) is 29.9 Å². The maximum Gasteiger partial charge on any atom is 0.228 e. The molecule has 1 amide bonds. The van der Waals surface area contributed by atoms with Gasteiger partial charge in [-0.15, -0.1) is 0 Å². The van der Waals surface area contributed by atoms with Crippen molar-refractivity contribution in [1.29, 1.82) is 0 Å². The molecule has 1 N–H and O–H groups in total. The van der Waals surface area contributed by atoms with E-state index < -0.39 is 0 Å². The summed E-state index contributed by atoms with van der Waals surface area (Å²) >= 11 is 0. The standard InChI is InChI=1S/C23H30N4O/c1-17-7-6-13-27(17)20-12-14-26(16-20)22-11-10-21(18(2)24-22)25-23(28)15-19-8-4-3-5-9-19/h3-5,8-11,17,20H,6-7,12-16H2,1-2H3,(H,25,28)/t17-,20-/m0/s1. The van der Waals surface area contributed by atoms with Gasteiger partial charge in [-0.1, -0.05) is 30.3 Å². The van der Waals surface area contributed by atoms with Gasteiger partial charge in [0.25, 0.3) is 0 Å². The largest absolute Gasteiger partial charge is 0.355 e. The summed E-state index contributed by atoms with van der Waals surface area (Å²) in [5.74, 6) is 1.01. The molecule has 0 bridgehead atoms. The lowest BCUT2D eigenvalue weighted by Crippen LogP contribution is -2.39. The van der Waals surface area contributed by atoms with Crippen LogP contribution in [0.4, 0.5) is 11.5 Å². The van der Waals surface area contributed by atoms with Crippen molar-refractivity contribution < 1.29 is 4.79 Å². The zero-order valence-electron chi connectivity index (χ0n) is 16.9. The number of aromatic nitrogens is 1. The topological polar surface area (TPSA) is 48.5 Å². The Labute approximate surface area is 167 Å². The van der Waals surface area contributed by atoms with Crippen molar-refractivity contribution >= 4 is 17.4 Å². The molecule has 4 rings (SSSR count). The van der Waals surface area contributed by atoms with Crippen LogP contribution in [0.25, 0.3) is 0 Å². The molecule has 0 radical (unpaired) electrons. The zero-order chi connectivity index (χ0) is 19.5. The molecule has 2 atom stereocenters. The lowest BCUT2D eigenvalue weighted by molar-refractivity contribution is -0.115. The zero-order valence-corrected chi connectivity index (χ0v) is 16.9. The SMILES string of the molecule is Cc1nc(N2CC[C@H](N3CCC[C@@H]3C)C2)ccc1NC(=O)Cc1ccccc1. The number of benzene rings is 1. The van der Waals surface area contributed by atoms with Gasteiger partial charge in [-0.05, 0) is 57.4 Å². The van der Waals surface area contributed by atoms with Crippen LogP contribution < -0.4 is 10.2 Å². The van der Waals surface area contributed by atoms with E-state index in [9.17, 15) is 4.79 Å².